The number of carbonyl (C=O) groups is 1. The standard InChI is InChI=1S/C12H19NO2/c13-6-12(5-11(14)15)4-9-8-2-1-7(8)3-10(9)12/h7-10H,1-6,13H2,(H,14,15)/t7-,8-,9+,10-,12-/m1/s1. The lowest BCUT2D eigenvalue weighted by atomic mass is 9.51. The number of rotatable bonds is 3. The van der Waals surface area contributed by atoms with Crippen molar-refractivity contribution >= 4 is 5.97 Å². The molecular weight excluding hydrogens is 190 g/mol. The first-order valence-corrected chi connectivity index (χ1v) is 6.08. The van der Waals surface area contributed by atoms with Crippen molar-refractivity contribution in [2.24, 2.45) is 34.8 Å². The van der Waals surface area contributed by atoms with Crippen LogP contribution in [0.5, 0.6) is 0 Å². The van der Waals surface area contributed by atoms with Gasteiger partial charge in [-0.05, 0) is 61.3 Å². The molecule has 0 aromatic rings. The molecule has 0 bridgehead atoms. The number of nitrogens with two attached hydrogens (primary N) is 1. The highest BCUT2D eigenvalue weighted by Gasteiger charge is 2.63. The third-order valence-corrected chi connectivity index (χ3v) is 5.44. The molecule has 3 nitrogen and oxygen atoms in total. The van der Waals surface area contributed by atoms with E-state index < -0.39 is 5.97 Å². The summed E-state index contributed by atoms with van der Waals surface area (Å²) in [4.78, 5) is 10.9. The van der Waals surface area contributed by atoms with Crippen LogP contribution in [0.25, 0.3) is 0 Å². The Balaban J connectivity index is 1.75. The molecule has 0 saturated heterocycles. The van der Waals surface area contributed by atoms with E-state index in [9.17, 15) is 4.79 Å². The fourth-order valence-corrected chi connectivity index (χ4v) is 4.52. The van der Waals surface area contributed by atoms with Crippen molar-refractivity contribution in [3.8, 4) is 0 Å². The molecule has 3 N–H and O–H groups in total. The van der Waals surface area contributed by atoms with Crippen LogP contribution in [0.4, 0.5) is 0 Å². The molecule has 84 valence electrons. The topological polar surface area (TPSA) is 63.3 Å². The maximum Gasteiger partial charge on any atom is 0.303 e. The van der Waals surface area contributed by atoms with Gasteiger partial charge in [-0.3, -0.25) is 4.79 Å². The van der Waals surface area contributed by atoms with Gasteiger partial charge in [0.2, 0.25) is 0 Å². The summed E-state index contributed by atoms with van der Waals surface area (Å²) in [5.41, 5.74) is 5.79. The van der Waals surface area contributed by atoms with E-state index in [-0.39, 0.29) is 5.41 Å². The molecule has 3 heteroatoms. The van der Waals surface area contributed by atoms with Gasteiger partial charge in [0, 0.05) is 0 Å². The van der Waals surface area contributed by atoms with Gasteiger partial charge in [-0.1, -0.05) is 0 Å². The first-order chi connectivity index (χ1) is 7.16. The fourth-order valence-electron chi connectivity index (χ4n) is 4.52. The minimum atomic E-state index is -0.668. The predicted molar refractivity (Wildman–Crippen MR) is 56.2 cm³/mol. The molecule has 5 atom stereocenters. The van der Waals surface area contributed by atoms with Crippen molar-refractivity contribution in [2.75, 3.05) is 6.54 Å². The zero-order valence-corrected chi connectivity index (χ0v) is 8.98. The second kappa shape index (κ2) is 2.97. The Kier molecular flexibility index (Phi) is 1.91. The number of carboxylic acid groups (broad SMARTS) is 1. The van der Waals surface area contributed by atoms with Gasteiger partial charge in [-0.25, -0.2) is 0 Å². The number of fused-ring (bicyclic) bond motifs is 3. The average Bonchev–Trinajstić information content (AvgIpc) is 2.31. The molecule has 0 aromatic carbocycles. The number of hydrogen-bond acceptors (Lipinski definition) is 2. The second-order valence-electron chi connectivity index (χ2n) is 5.85. The van der Waals surface area contributed by atoms with Crippen LogP contribution in [0.1, 0.15) is 32.1 Å². The Morgan fingerprint density at radius 1 is 1.40 bits per heavy atom. The zero-order valence-electron chi connectivity index (χ0n) is 8.98. The quantitative estimate of drug-likeness (QED) is 0.740. The molecular formula is C12H19NO2. The maximum absolute atomic E-state index is 10.9. The molecule has 15 heavy (non-hydrogen) atoms. The van der Waals surface area contributed by atoms with E-state index in [0.29, 0.717) is 18.9 Å². The Morgan fingerprint density at radius 3 is 2.67 bits per heavy atom. The van der Waals surface area contributed by atoms with Crippen molar-refractivity contribution in [3.05, 3.63) is 0 Å². The summed E-state index contributed by atoms with van der Waals surface area (Å²) in [7, 11) is 0. The van der Waals surface area contributed by atoms with Crippen molar-refractivity contribution in [1.82, 2.24) is 0 Å². The minimum absolute atomic E-state index is 0.0339. The lowest BCUT2D eigenvalue weighted by Gasteiger charge is -2.53. The SMILES string of the molecule is NC[C@]1(CC(=O)O)C[C@H]2[C@@H]3CC[C@@H]3C[C@H]21. The number of aliphatic carboxylic acids is 1. The van der Waals surface area contributed by atoms with Gasteiger partial charge < -0.3 is 10.8 Å². The van der Waals surface area contributed by atoms with Crippen LogP contribution in [-0.4, -0.2) is 17.6 Å². The van der Waals surface area contributed by atoms with Crippen LogP contribution in [0.3, 0.4) is 0 Å². The summed E-state index contributed by atoms with van der Waals surface area (Å²) in [5, 5.41) is 8.96. The van der Waals surface area contributed by atoms with E-state index in [1.807, 2.05) is 0 Å². The van der Waals surface area contributed by atoms with E-state index in [4.69, 9.17) is 10.8 Å². The highest BCUT2D eigenvalue weighted by atomic mass is 16.4. The predicted octanol–water partition coefficient (Wildman–Crippen LogP) is 1.47. The van der Waals surface area contributed by atoms with Crippen molar-refractivity contribution in [1.29, 1.82) is 0 Å². The van der Waals surface area contributed by atoms with Gasteiger partial charge in [0.05, 0.1) is 6.42 Å². The fraction of sp³-hybridized carbons (Fsp3) is 0.917. The molecule has 0 unspecified atom stereocenters. The minimum Gasteiger partial charge on any atom is -0.481 e. The van der Waals surface area contributed by atoms with Gasteiger partial charge in [-0.15, -0.1) is 0 Å². The average molecular weight is 209 g/mol. The van der Waals surface area contributed by atoms with Crippen molar-refractivity contribution in [2.45, 2.75) is 32.1 Å². The monoisotopic (exact) mass is 209 g/mol. The molecule has 0 radical (unpaired) electrons. The summed E-state index contributed by atoms with van der Waals surface area (Å²) in [6.07, 6.45) is 5.41. The Labute approximate surface area is 90.0 Å². The number of carboxylic acids is 1. The molecule has 0 heterocycles. The molecule has 0 aromatic heterocycles. The van der Waals surface area contributed by atoms with Gasteiger partial charge >= 0.3 is 5.97 Å². The second-order valence-corrected chi connectivity index (χ2v) is 5.85. The van der Waals surface area contributed by atoms with Crippen LogP contribution < -0.4 is 5.73 Å². The summed E-state index contributed by atoms with van der Waals surface area (Å²) in [5.74, 6) is 2.64. The first-order valence-electron chi connectivity index (χ1n) is 6.08. The third kappa shape index (κ3) is 1.13. The van der Waals surface area contributed by atoms with Crippen LogP contribution >= 0.6 is 0 Å². The molecule has 3 saturated carbocycles. The molecule has 0 amide bonds. The lowest BCUT2D eigenvalue weighted by molar-refractivity contribution is -0.146. The largest absolute Gasteiger partial charge is 0.481 e. The van der Waals surface area contributed by atoms with E-state index in [1.165, 1.54) is 19.3 Å². The van der Waals surface area contributed by atoms with E-state index >= 15 is 0 Å². The summed E-state index contributed by atoms with van der Waals surface area (Å²) in [6, 6.07) is 0. The summed E-state index contributed by atoms with van der Waals surface area (Å²) < 4.78 is 0. The Bertz CT molecular complexity index is 304. The number of hydrogen-bond donors (Lipinski definition) is 2. The lowest BCUT2D eigenvalue weighted by Crippen LogP contribution is -2.52. The molecule has 0 spiro atoms. The molecule has 3 rings (SSSR count). The highest BCUT2D eigenvalue weighted by Crippen LogP contribution is 2.68. The van der Waals surface area contributed by atoms with E-state index in [0.717, 1.165) is 24.2 Å². The van der Waals surface area contributed by atoms with E-state index in [2.05, 4.69) is 0 Å². The molecule has 3 aliphatic carbocycles. The van der Waals surface area contributed by atoms with Crippen LogP contribution in [-0.2, 0) is 4.79 Å². The van der Waals surface area contributed by atoms with Gasteiger partial charge in [0.25, 0.3) is 0 Å². The van der Waals surface area contributed by atoms with Crippen molar-refractivity contribution < 1.29 is 9.90 Å². The van der Waals surface area contributed by atoms with Crippen LogP contribution in [0, 0.1) is 29.1 Å². The summed E-state index contributed by atoms with van der Waals surface area (Å²) in [6.45, 7) is 0.569. The first kappa shape index (κ1) is 9.64. The Hall–Kier alpha value is -0.570. The molecule has 0 aliphatic heterocycles. The molecule has 3 fully saturated rings. The van der Waals surface area contributed by atoms with Crippen molar-refractivity contribution in [3.63, 3.8) is 0 Å². The van der Waals surface area contributed by atoms with Gasteiger partial charge in [0.15, 0.2) is 0 Å². The smallest absolute Gasteiger partial charge is 0.303 e. The zero-order chi connectivity index (χ0) is 10.6. The third-order valence-electron chi connectivity index (χ3n) is 5.44. The normalized spacial score (nSPS) is 51.3. The van der Waals surface area contributed by atoms with Gasteiger partial charge in [-0.2, -0.15) is 0 Å². The van der Waals surface area contributed by atoms with E-state index in [1.54, 1.807) is 0 Å². The molecule has 3 aliphatic rings. The summed E-state index contributed by atoms with van der Waals surface area (Å²) >= 11 is 0. The highest BCUT2D eigenvalue weighted by molar-refractivity contribution is 5.68. The maximum atomic E-state index is 10.9. The Morgan fingerprint density at radius 2 is 2.20 bits per heavy atom. The van der Waals surface area contributed by atoms with Crippen LogP contribution in [0.2, 0.25) is 0 Å². The van der Waals surface area contributed by atoms with Gasteiger partial charge in [0.1, 0.15) is 0 Å². The van der Waals surface area contributed by atoms with Crippen LogP contribution in [0.15, 0.2) is 0 Å².